The molecule has 0 saturated carbocycles. The van der Waals surface area contributed by atoms with E-state index in [1.165, 1.54) is 0 Å². The summed E-state index contributed by atoms with van der Waals surface area (Å²) < 4.78 is 17.2. The van der Waals surface area contributed by atoms with Crippen LogP contribution in [0.2, 0.25) is 0 Å². The van der Waals surface area contributed by atoms with Gasteiger partial charge in [0.25, 0.3) is 0 Å². The van der Waals surface area contributed by atoms with Gasteiger partial charge >= 0.3 is 0 Å². The molecule has 0 aliphatic carbocycles. The lowest BCUT2D eigenvalue weighted by Gasteiger charge is -2.35. The third kappa shape index (κ3) is 2.82. The molecule has 0 aromatic heterocycles. The number of hydrogen-bond acceptors (Lipinski definition) is 3. The Hall–Kier alpha value is -1.73. The lowest BCUT2D eigenvalue weighted by atomic mass is 10.4. The summed E-state index contributed by atoms with van der Waals surface area (Å²) in [6, 6.07) is 0. The molecule has 0 saturated heterocycles. The molecule has 0 aromatic rings. The van der Waals surface area contributed by atoms with Crippen molar-refractivity contribution in [1.29, 1.82) is 0 Å². The molecule has 98 valence electrons. The Morgan fingerprint density at radius 2 is 0.895 bits per heavy atom. The standard InChI is InChI=1S/C15H15O3P/c1-4-10-16-13(7-1)19(14-8-2-5-11-17-14)15-9-3-6-12-18-15/h1-15H. The molecule has 3 heterocycles. The van der Waals surface area contributed by atoms with Crippen molar-refractivity contribution in [2.75, 3.05) is 0 Å². The summed E-state index contributed by atoms with van der Waals surface area (Å²) in [7, 11) is -0.696. The first kappa shape index (κ1) is 12.3. The van der Waals surface area contributed by atoms with E-state index >= 15 is 0 Å². The van der Waals surface area contributed by atoms with Crippen molar-refractivity contribution in [1.82, 2.24) is 0 Å². The van der Waals surface area contributed by atoms with Crippen LogP contribution < -0.4 is 0 Å². The molecule has 0 radical (unpaired) electrons. The highest BCUT2D eigenvalue weighted by molar-refractivity contribution is 7.60. The Morgan fingerprint density at radius 1 is 0.526 bits per heavy atom. The minimum atomic E-state index is -0.696. The molecule has 0 N–H and O–H groups in total. The normalized spacial score (nSPS) is 32.5. The molecule has 3 aliphatic heterocycles. The Morgan fingerprint density at radius 3 is 1.16 bits per heavy atom. The second kappa shape index (κ2) is 5.94. The maximum atomic E-state index is 5.73. The van der Waals surface area contributed by atoms with Crippen molar-refractivity contribution in [2.45, 2.75) is 17.5 Å². The highest BCUT2D eigenvalue weighted by Crippen LogP contribution is 2.55. The van der Waals surface area contributed by atoms with E-state index in [4.69, 9.17) is 14.2 Å². The van der Waals surface area contributed by atoms with Crippen molar-refractivity contribution >= 4 is 7.92 Å². The Labute approximate surface area is 114 Å². The zero-order valence-electron chi connectivity index (χ0n) is 10.3. The van der Waals surface area contributed by atoms with E-state index in [1.54, 1.807) is 18.8 Å². The van der Waals surface area contributed by atoms with Crippen molar-refractivity contribution in [3.8, 4) is 0 Å². The van der Waals surface area contributed by atoms with Gasteiger partial charge < -0.3 is 14.2 Å². The molecular formula is C15H15O3P. The van der Waals surface area contributed by atoms with Crippen molar-refractivity contribution in [2.24, 2.45) is 0 Å². The van der Waals surface area contributed by atoms with Crippen LogP contribution in [0.4, 0.5) is 0 Å². The van der Waals surface area contributed by atoms with E-state index in [-0.39, 0.29) is 17.5 Å². The van der Waals surface area contributed by atoms with Gasteiger partial charge in [-0.1, -0.05) is 18.2 Å². The van der Waals surface area contributed by atoms with E-state index in [9.17, 15) is 0 Å². The van der Waals surface area contributed by atoms with E-state index in [0.717, 1.165) is 0 Å². The maximum Gasteiger partial charge on any atom is 0.142 e. The van der Waals surface area contributed by atoms with Gasteiger partial charge in [-0.15, -0.1) is 0 Å². The van der Waals surface area contributed by atoms with E-state index < -0.39 is 7.92 Å². The van der Waals surface area contributed by atoms with E-state index in [2.05, 4.69) is 18.2 Å². The van der Waals surface area contributed by atoms with Gasteiger partial charge in [0.15, 0.2) is 0 Å². The van der Waals surface area contributed by atoms with Gasteiger partial charge in [0.1, 0.15) is 17.5 Å². The van der Waals surface area contributed by atoms with Crippen LogP contribution in [0.5, 0.6) is 0 Å². The molecule has 0 aromatic carbocycles. The van der Waals surface area contributed by atoms with Crippen LogP contribution in [0.3, 0.4) is 0 Å². The summed E-state index contributed by atoms with van der Waals surface area (Å²) in [5, 5.41) is 0. The van der Waals surface area contributed by atoms with Crippen LogP contribution >= 0.6 is 7.92 Å². The van der Waals surface area contributed by atoms with Gasteiger partial charge in [-0.2, -0.15) is 0 Å². The number of hydrogen-bond donors (Lipinski definition) is 0. The van der Waals surface area contributed by atoms with Gasteiger partial charge in [0, 0.05) is 7.92 Å². The quantitative estimate of drug-likeness (QED) is 0.734. The van der Waals surface area contributed by atoms with Crippen LogP contribution in [0, 0.1) is 0 Å². The van der Waals surface area contributed by atoms with Crippen molar-refractivity contribution in [3.63, 3.8) is 0 Å². The van der Waals surface area contributed by atoms with Crippen LogP contribution in [-0.4, -0.2) is 17.5 Å². The predicted molar refractivity (Wildman–Crippen MR) is 76.4 cm³/mol. The fraction of sp³-hybridized carbons (Fsp3) is 0.200. The first-order chi connectivity index (χ1) is 9.45. The summed E-state index contributed by atoms with van der Waals surface area (Å²) in [5.74, 6) is 0.00639. The predicted octanol–water partition coefficient (Wildman–Crippen LogP) is 3.75. The largest absolute Gasteiger partial charge is 0.489 e. The molecular weight excluding hydrogens is 259 g/mol. The summed E-state index contributed by atoms with van der Waals surface area (Å²) in [5.41, 5.74) is 0. The fourth-order valence-electron chi connectivity index (χ4n) is 2.07. The Bertz CT molecular complexity index is 416. The van der Waals surface area contributed by atoms with E-state index in [1.807, 2.05) is 36.5 Å². The SMILES string of the molecule is C1=COC(P(C2C=CC=CO2)C2C=CC=CO2)C=C1. The third-order valence-electron chi connectivity index (χ3n) is 2.93. The minimum Gasteiger partial charge on any atom is -0.489 e. The number of ether oxygens (including phenoxy) is 3. The lowest BCUT2D eigenvalue weighted by molar-refractivity contribution is 0.198. The zero-order valence-corrected chi connectivity index (χ0v) is 11.2. The molecule has 4 heteroatoms. The average molecular weight is 274 g/mol. The minimum absolute atomic E-state index is 0.00213. The van der Waals surface area contributed by atoms with Gasteiger partial charge in [-0.05, 0) is 36.5 Å². The zero-order chi connectivity index (χ0) is 12.9. The van der Waals surface area contributed by atoms with Gasteiger partial charge in [-0.3, -0.25) is 0 Å². The van der Waals surface area contributed by atoms with Crippen molar-refractivity contribution < 1.29 is 14.2 Å². The molecule has 0 amide bonds. The van der Waals surface area contributed by atoms with Crippen LogP contribution in [-0.2, 0) is 14.2 Å². The Balaban J connectivity index is 1.82. The van der Waals surface area contributed by atoms with Crippen LogP contribution in [0.15, 0.2) is 73.5 Å². The van der Waals surface area contributed by atoms with Crippen LogP contribution in [0.25, 0.3) is 0 Å². The molecule has 3 nitrogen and oxygen atoms in total. The van der Waals surface area contributed by atoms with Gasteiger partial charge in [0.2, 0.25) is 0 Å². The second-order valence-corrected chi connectivity index (χ2v) is 6.59. The molecule has 3 unspecified atom stereocenters. The molecule has 3 atom stereocenters. The molecule has 0 bridgehead atoms. The smallest absolute Gasteiger partial charge is 0.142 e. The molecule has 0 fully saturated rings. The first-order valence-corrected chi connectivity index (χ1v) is 7.74. The first-order valence-electron chi connectivity index (χ1n) is 6.19. The number of allylic oxidation sites excluding steroid dienone is 6. The number of rotatable bonds is 3. The second-order valence-electron chi connectivity index (χ2n) is 4.17. The topological polar surface area (TPSA) is 27.7 Å². The summed E-state index contributed by atoms with van der Waals surface area (Å²) >= 11 is 0. The highest BCUT2D eigenvalue weighted by atomic mass is 31.1. The molecule has 0 spiro atoms. The van der Waals surface area contributed by atoms with Gasteiger partial charge in [-0.25, -0.2) is 0 Å². The Kier molecular flexibility index (Phi) is 3.85. The third-order valence-corrected chi connectivity index (χ3v) is 5.58. The maximum absolute atomic E-state index is 5.73. The van der Waals surface area contributed by atoms with Crippen LogP contribution in [0.1, 0.15) is 0 Å². The molecule has 3 rings (SSSR count). The highest BCUT2D eigenvalue weighted by Gasteiger charge is 2.36. The van der Waals surface area contributed by atoms with E-state index in [0.29, 0.717) is 0 Å². The lowest BCUT2D eigenvalue weighted by Crippen LogP contribution is -2.25. The summed E-state index contributed by atoms with van der Waals surface area (Å²) in [6.07, 6.45) is 23.1. The average Bonchev–Trinajstić information content (AvgIpc) is 2.51. The summed E-state index contributed by atoms with van der Waals surface area (Å²) in [4.78, 5) is 0. The monoisotopic (exact) mass is 274 g/mol. The van der Waals surface area contributed by atoms with Gasteiger partial charge in [0.05, 0.1) is 18.8 Å². The van der Waals surface area contributed by atoms with Crippen molar-refractivity contribution in [3.05, 3.63) is 73.5 Å². The molecule has 3 aliphatic rings. The fourth-order valence-corrected chi connectivity index (χ4v) is 4.47. The molecule has 19 heavy (non-hydrogen) atoms. The summed E-state index contributed by atoms with van der Waals surface area (Å²) in [6.45, 7) is 0.